The van der Waals surface area contributed by atoms with Crippen molar-refractivity contribution in [1.82, 2.24) is 9.91 Å². The van der Waals surface area contributed by atoms with Gasteiger partial charge in [-0.1, -0.05) is 53.6 Å². The summed E-state index contributed by atoms with van der Waals surface area (Å²) in [4.78, 5) is 7.08. The molecule has 0 fully saturated rings. The molecule has 1 aliphatic carbocycles. The first kappa shape index (κ1) is 18.6. The van der Waals surface area contributed by atoms with Crippen LogP contribution in [0.3, 0.4) is 0 Å². The second kappa shape index (κ2) is 7.44. The second-order valence-corrected chi connectivity index (χ2v) is 7.86. The van der Waals surface area contributed by atoms with Crippen LogP contribution in [0.4, 0.5) is 0 Å². The van der Waals surface area contributed by atoms with Crippen LogP contribution in [0.2, 0.25) is 0 Å². The second-order valence-electron chi connectivity index (χ2n) is 7.86. The summed E-state index contributed by atoms with van der Waals surface area (Å²) in [6.07, 6.45) is 10.0. The van der Waals surface area contributed by atoms with Crippen molar-refractivity contribution in [2.45, 2.75) is 20.5 Å². The molecule has 0 spiro atoms. The van der Waals surface area contributed by atoms with Crippen molar-refractivity contribution in [2.75, 3.05) is 6.54 Å². The average Bonchev–Trinajstić information content (AvgIpc) is 3.03. The van der Waals surface area contributed by atoms with Crippen LogP contribution in [0, 0.1) is 13.8 Å². The van der Waals surface area contributed by atoms with Crippen LogP contribution in [0.25, 0.3) is 0 Å². The Labute approximate surface area is 176 Å². The molecule has 1 radical (unpaired) electrons. The molecule has 0 bridgehead atoms. The summed E-state index contributed by atoms with van der Waals surface area (Å²) in [7, 11) is 0. The molecule has 0 aromatic heterocycles. The van der Waals surface area contributed by atoms with Crippen LogP contribution in [-0.4, -0.2) is 17.4 Å². The van der Waals surface area contributed by atoms with E-state index in [4.69, 9.17) is 15.6 Å². The van der Waals surface area contributed by atoms with Crippen molar-refractivity contribution in [3.05, 3.63) is 112 Å². The predicted octanol–water partition coefficient (Wildman–Crippen LogP) is 4.15. The average molecular weight is 396 g/mol. The molecule has 0 saturated heterocycles. The van der Waals surface area contributed by atoms with Crippen LogP contribution in [0.5, 0.6) is 5.75 Å². The summed E-state index contributed by atoms with van der Waals surface area (Å²) < 4.78 is 6.11. The number of allylic oxidation sites excluding steroid dienone is 3. The van der Waals surface area contributed by atoms with E-state index in [1.807, 2.05) is 30.6 Å². The van der Waals surface area contributed by atoms with Crippen molar-refractivity contribution in [3.8, 4) is 5.75 Å². The van der Waals surface area contributed by atoms with Crippen molar-refractivity contribution >= 4 is 5.84 Å². The zero-order valence-electron chi connectivity index (χ0n) is 17.2. The standard InChI is InChI=1S/C25H24N4O/c1-17-11-18(2)13-19(12-17)16-30-22-8-4-7-21(14-22)25-27-24(20-5-3-6-20)23-15-28(26)9-10-29(23)25/h3-14H,15-16,26H2,1-2H3/q+1. The summed E-state index contributed by atoms with van der Waals surface area (Å²) in [6, 6.07) is 14.6. The summed E-state index contributed by atoms with van der Waals surface area (Å²) in [5, 5.41) is 1.68. The molecule has 2 aromatic carbocycles. The minimum atomic E-state index is 0.538. The molecular formula is C25H24N4O+. The lowest BCUT2D eigenvalue weighted by Crippen LogP contribution is -2.41. The van der Waals surface area contributed by atoms with E-state index in [1.165, 1.54) is 16.7 Å². The topological polar surface area (TPSA) is 56.8 Å². The number of hydrogen-bond donors (Lipinski definition) is 1. The number of benzene rings is 2. The molecule has 5 heteroatoms. The Balaban J connectivity index is 1.40. The van der Waals surface area contributed by atoms with Crippen LogP contribution >= 0.6 is 0 Å². The lowest BCUT2D eigenvalue weighted by Gasteiger charge is -2.19. The van der Waals surface area contributed by atoms with Gasteiger partial charge in [0.1, 0.15) is 24.6 Å². The van der Waals surface area contributed by atoms with Gasteiger partial charge in [-0.3, -0.25) is 0 Å². The Hall–Kier alpha value is -3.41. The summed E-state index contributed by atoms with van der Waals surface area (Å²) in [6.45, 7) is 5.38. The summed E-state index contributed by atoms with van der Waals surface area (Å²) in [5.74, 6) is 7.73. The third-order valence-corrected chi connectivity index (χ3v) is 5.35. The fourth-order valence-electron chi connectivity index (χ4n) is 3.98. The van der Waals surface area contributed by atoms with Gasteiger partial charge >= 0.3 is 0 Å². The first-order valence-electron chi connectivity index (χ1n) is 10.1. The highest BCUT2D eigenvalue weighted by atomic mass is 16.5. The van der Waals surface area contributed by atoms with E-state index in [-0.39, 0.29) is 0 Å². The molecule has 0 amide bonds. The first-order valence-corrected chi connectivity index (χ1v) is 10.1. The number of rotatable bonds is 5. The predicted molar refractivity (Wildman–Crippen MR) is 120 cm³/mol. The zero-order valence-corrected chi connectivity index (χ0v) is 17.2. The van der Waals surface area contributed by atoms with Crippen LogP contribution < -0.4 is 15.5 Å². The number of hydrogen-bond acceptors (Lipinski definition) is 5. The highest BCUT2D eigenvalue weighted by Crippen LogP contribution is 2.33. The molecule has 0 saturated carbocycles. The third kappa shape index (κ3) is 3.49. The van der Waals surface area contributed by atoms with Crippen molar-refractivity contribution in [1.29, 1.82) is 0 Å². The molecule has 2 N–H and O–H groups in total. The minimum Gasteiger partial charge on any atom is -0.489 e. The Morgan fingerprint density at radius 1 is 1.13 bits per heavy atom. The lowest BCUT2D eigenvalue weighted by molar-refractivity contribution is 0.306. The molecule has 2 aliphatic heterocycles. The van der Waals surface area contributed by atoms with Crippen molar-refractivity contribution in [3.63, 3.8) is 0 Å². The summed E-state index contributed by atoms with van der Waals surface area (Å²) >= 11 is 0. The number of nitrogens with two attached hydrogens (primary N) is 1. The molecule has 2 heterocycles. The third-order valence-electron chi connectivity index (χ3n) is 5.35. The number of fused-ring (bicyclic) bond motifs is 1. The normalized spacial score (nSPS) is 17.6. The van der Waals surface area contributed by atoms with Crippen LogP contribution in [0.1, 0.15) is 22.3 Å². The van der Waals surface area contributed by atoms with E-state index in [1.54, 1.807) is 5.01 Å². The number of amidine groups is 1. The van der Waals surface area contributed by atoms with Gasteiger partial charge in [-0.15, -0.1) is 0 Å². The van der Waals surface area contributed by atoms with E-state index in [0.29, 0.717) is 13.2 Å². The molecule has 0 atom stereocenters. The Morgan fingerprint density at radius 3 is 2.67 bits per heavy atom. The number of ether oxygens (including phenoxy) is 1. The van der Waals surface area contributed by atoms with Gasteiger partial charge in [0.05, 0.1) is 11.8 Å². The number of aryl methyl sites for hydroxylation is 2. The largest absolute Gasteiger partial charge is 0.489 e. The van der Waals surface area contributed by atoms with Gasteiger partial charge in [-0.05, 0) is 42.5 Å². The number of aliphatic imine (C=N–C) groups is 1. The smallest absolute Gasteiger partial charge is 0.295 e. The SMILES string of the molecule is Cc1cc(C)cc(COc2cccc(C3=NC(C4=CC=C4)=C4CN(N)C=C[N+]34)c2)c1. The maximum absolute atomic E-state index is 6.11. The molecular weight excluding hydrogens is 372 g/mol. The summed E-state index contributed by atoms with van der Waals surface area (Å²) in [5.41, 5.74) is 7.89. The van der Waals surface area contributed by atoms with Gasteiger partial charge in [0.15, 0.2) is 6.20 Å². The fraction of sp³-hybridized carbons (Fsp3) is 0.160. The van der Waals surface area contributed by atoms with Gasteiger partial charge in [0.2, 0.25) is 5.70 Å². The van der Waals surface area contributed by atoms with Crippen molar-refractivity contribution in [2.24, 2.45) is 10.8 Å². The van der Waals surface area contributed by atoms with E-state index in [0.717, 1.165) is 34.1 Å². The van der Waals surface area contributed by atoms with Gasteiger partial charge in [-0.2, -0.15) is 4.99 Å². The molecule has 5 rings (SSSR count). The quantitative estimate of drug-likeness (QED) is 0.610. The zero-order chi connectivity index (χ0) is 20.7. The van der Waals surface area contributed by atoms with E-state index in [2.05, 4.69) is 61.2 Å². The van der Waals surface area contributed by atoms with E-state index in [9.17, 15) is 0 Å². The Bertz CT molecular complexity index is 1150. The molecule has 149 valence electrons. The van der Waals surface area contributed by atoms with Gasteiger partial charge in [0, 0.05) is 5.57 Å². The maximum Gasteiger partial charge on any atom is 0.295 e. The molecule has 3 aliphatic rings. The first-order chi connectivity index (χ1) is 14.6. The van der Waals surface area contributed by atoms with Crippen molar-refractivity contribution < 1.29 is 4.74 Å². The van der Waals surface area contributed by atoms with Crippen LogP contribution in [-0.2, 0) is 6.61 Å². The highest BCUT2D eigenvalue weighted by Gasteiger charge is 2.41. The van der Waals surface area contributed by atoms with E-state index < -0.39 is 0 Å². The lowest BCUT2D eigenvalue weighted by atomic mass is 10.0. The molecule has 5 nitrogen and oxygen atoms in total. The van der Waals surface area contributed by atoms with Gasteiger partial charge < -0.3 is 9.75 Å². The highest BCUT2D eigenvalue weighted by molar-refractivity contribution is 6.05. The maximum atomic E-state index is 6.11. The van der Waals surface area contributed by atoms with Crippen LogP contribution in [0.15, 0.2) is 95.1 Å². The number of nitrogens with zero attached hydrogens (tertiary/aromatic N) is 3. The van der Waals surface area contributed by atoms with Gasteiger partial charge in [-0.25, -0.2) is 5.84 Å². The van der Waals surface area contributed by atoms with E-state index >= 15 is 0 Å². The molecule has 30 heavy (non-hydrogen) atoms. The minimum absolute atomic E-state index is 0.538. The molecule has 2 aromatic rings. The molecule has 0 unspecified atom stereocenters. The monoisotopic (exact) mass is 396 g/mol. The Morgan fingerprint density at radius 2 is 1.93 bits per heavy atom. The number of hydrazine groups is 1. The fourth-order valence-corrected chi connectivity index (χ4v) is 3.98. The van der Waals surface area contributed by atoms with Gasteiger partial charge in [0.25, 0.3) is 5.84 Å². The Kier molecular flexibility index (Phi) is 4.62.